The van der Waals surface area contributed by atoms with Crippen LogP contribution in [0.25, 0.3) is 22.6 Å². The number of methoxy groups -OCH3 is 1. The third-order valence-corrected chi connectivity index (χ3v) is 4.44. The molecule has 4 rings (SSSR count). The summed E-state index contributed by atoms with van der Waals surface area (Å²) in [6.45, 7) is 2.07. The molecule has 0 N–H and O–H groups in total. The highest BCUT2D eigenvalue weighted by molar-refractivity contribution is 6.05. The molecule has 0 aromatic heterocycles. The van der Waals surface area contributed by atoms with Gasteiger partial charge in [0.1, 0.15) is 11.5 Å². The van der Waals surface area contributed by atoms with E-state index < -0.39 is 0 Å². The molecule has 3 heteroatoms. The van der Waals surface area contributed by atoms with Gasteiger partial charge in [-0.05, 0) is 53.6 Å². The molecule has 0 bridgehead atoms. The first kappa shape index (κ1) is 16.2. The van der Waals surface area contributed by atoms with Crippen molar-refractivity contribution < 1.29 is 14.3 Å². The van der Waals surface area contributed by atoms with E-state index in [1.54, 1.807) is 13.2 Å². The van der Waals surface area contributed by atoms with Crippen LogP contribution in [-0.2, 0) is 9.53 Å². The average Bonchev–Trinajstić information content (AvgIpc) is 3.02. The van der Waals surface area contributed by atoms with E-state index in [4.69, 9.17) is 9.47 Å². The van der Waals surface area contributed by atoms with Crippen molar-refractivity contribution >= 4 is 28.6 Å². The Kier molecular flexibility index (Phi) is 4.05. The zero-order chi connectivity index (χ0) is 18.1. The maximum Gasteiger partial charge on any atom is 0.343 e. The van der Waals surface area contributed by atoms with Crippen molar-refractivity contribution in [2.45, 2.75) is 6.92 Å². The number of benzene rings is 3. The molecule has 0 fully saturated rings. The first-order chi connectivity index (χ1) is 12.6. The second-order valence-electron chi connectivity index (χ2n) is 6.34. The van der Waals surface area contributed by atoms with Crippen molar-refractivity contribution in [3.63, 3.8) is 0 Å². The van der Waals surface area contributed by atoms with Gasteiger partial charge < -0.3 is 9.47 Å². The lowest BCUT2D eigenvalue weighted by molar-refractivity contribution is -0.130. The Labute approximate surface area is 152 Å². The van der Waals surface area contributed by atoms with Gasteiger partial charge in [0.15, 0.2) is 0 Å². The lowest BCUT2D eigenvalue weighted by atomic mass is 10.0. The van der Waals surface area contributed by atoms with Crippen molar-refractivity contribution in [3.05, 3.63) is 89.0 Å². The predicted octanol–water partition coefficient (Wildman–Crippen LogP) is 5.14. The van der Waals surface area contributed by atoms with E-state index in [0.29, 0.717) is 11.3 Å². The Morgan fingerprint density at radius 1 is 0.923 bits per heavy atom. The molecule has 0 aliphatic carbocycles. The van der Waals surface area contributed by atoms with Crippen molar-refractivity contribution in [1.29, 1.82) is 0 Å². The molecule has 0 atom stereocenters. The molecule has 0 saturated heterocycles. The molecule has 128 valence electrons. The predicted molar refractivity (Wildman–Crippen MR) is 104 cm³/mol. The second kappa shape index (κ2) is 6.52. The monoisotopic (exact) mass is 342 g/mol. The zero-order valence-electron chi connectivity index (χ0n) is 14.7. The number of cyclic esters (lactones) is 1. The topological polar surface area (TPSA) is 35.5 Å². The summed E-state index contributed by atoms with van der Waals surface area (Å²) in [5, 5.41) is 2.30. The normalized spacial score (nSPS) is 15.2. The summed E-state index contributed by atoms with van der Waals surface area (Å²) >= 11 is 0. The molecular weight excluding hydrogens is 324 g/mol. The van der Waals surface area contributed by atoms with Crippen LogP contribution >= 0.6 is 0 Å². The minimum Gasteiger partial charge on any atom is -0.497 e. The fraction of sp³-hybridized carbons (Fsp3) is 0.0870. The van der Waals surface area contributed by atoms with Crippen LogP contribution in [0.1, 0.15) is 16.7 Å². The molecule has 0 saturated carbocycles. The Bertz CT molecular complexity index is 1060. The van der Waals surface area contributed by atoms with Gasteiger partial charge in [0.25, 0.3) is 0 Å². The van der Waals surface area contributed by atoms with Crippen LogP contribution in [0.3, 0.4) is 0 Å². The third-order valence-electron chi connectivity index (χ3n) is 4.44. The minimum atomic E-state index is -0.333. The summed E-state index contributed by atoms with van der Waals surface area (Å²) in [4.78, 5) is 12.2. The molecule has 1 aliphatic rings. The van der Waals surface area contributed by atoms with E-state index in [9.17, 15) is 4.79 Å². The van der Waals surface area contributed by atoms with Crippen molar-refractivity contribution in [2.75, 3.05) is 7.11 Å². The van der Waals surface area contributed by atoms with E-state index in [-0.39, 0.29) is 5.97 Å². The van der Waals surface area contributed by atoms with Gasteiger partial charge in [-0.2, -0.15) is 0 Å². The van der Waals surface area contributed by atoms with E-state index in [2.05, 4.69) is 31.2 Å². The number of fused-ring (bicyclic) bond motifs is 1. The molecule has 3 aromatic rings. The fourth-order valence-corrected chi connectivity index (χ4v) is 3.03. The number of rotatable bonds is 3. The summed E-state index contributed by atoms with van der Waals surface area (Å²) in [5.74, 6) is 1.03. The van der Waals surface area contributed by atoms with Crippen molar-refractivity contribution in [3.8, 4) is 5.75 Å². The maximum absolute atomic E-state index is 12.2. The highest BCUT2D eigenvalue weighted by atomic mass is 16.5. The molecule has 0 amide bonds. The summed E-state index contributed by atoms with van der Waals surface area (Å²) in [6.07, 6.45) is 3.61. The molecule has 1 heterocycles. The standard InChI is InChI=1S/C23H18O3/c1-15-3-6-18-13-19(8-7-17(18)11-15)22-14-20(23(24)26-22)12-16-4-9-21(25-2)10-5-16/h3-14H,1-2H3/b20-12+. The second-order valence-corrected chi connectivity index (χ2v) is 6.34. The van der Waals surface area contributed by atoms with Crippen molar-refractivity contribution in [1.82, 2.24) is 0 Å². The Morgan fingerprint density at radius 3 is 2.42 bits per heavy atom. The number of hydrogen-bond donors (Lipinski definition) is 0. The molecule has 0 unspecified atom stereocenters. The van der Waals surface area contributed by atoms with Gasteiger partial charge >= 0.3 is 5.97 Å². The Balaban J connectivity index is 1.67. The number of hydrogen-bond acceptors (Lipinski definition) is 3. The largest absolute Gasteiger partial charge is 0.497 e. The van der Waals surface area contributed by atoms with Crippen molar-refractivity contribution in [2.24, 2.45) is 0 Å². The molecular formula is C23H18O3. The van der Waals surface area contributed by atoms with Gasteiger partial charge in [0.2, 0.25) is 0 Å². The van der Waals surface area contributed by atoms with E-state index >= 15 is 0 Å². The van der Waals surface area contributed by atoms with Crippen LogP contribution in [0.15, 0.2) is 72.3 Å². The van der Waals surface area contributed by atoms with Crippen LogP contribution in [0.5, 0.6) is 5.75 Å². The highest BCUT2D eigenvalue weighted by Gasteiger charge is 2.22. The van der Waals surface area contributed by atoms with E-state index in [1.807, 2.05) is 42.5 Å². The fourth-order valence-electron chi connectivity index (χ4n) is 3.03. The van der Waals surface area contributed by atoms with Crippen LogP contribution in [0.2, 0.25) is 0 Å². The van der Waals surface area contributed by atoms with E-state index in [0.717, 1.165) is 22.3 Å². The number of esters is 1. The zero-order valence-corrected chi connectivity index (χ0v) is 14.7. The molecule has 3 aromatic carbocycles. The molecule has 0 spiro atoms. The maximum atomic E-state index is 12.2. The number of ether oxygens (including phenoxy) is 2. The van der Waals surface area contributed by atoms with E-state index in [1.165, 1.54) is 10.9 Å². The lowest BCUT2D eigenvalue weighted by Gasteiger charge is -2.05. The molecule has 26 heavy (non-hydrogen) atoms. The van der Waals surface area contributed by atoms with Crippen LogP contribution in [-0.4, -0.2) is 13.1 Å². The molecule has 1 aliphatic heterocycles. The third kappa shape index (κ3) is 3.11. The summed E-state index contributed by atoms with van der Waals surface area (Å²) in [6, 6.07) is 19.9. The first-order valence-corrected chi connectivity index (χ1v) is 8.43. The lowest BCUT2D eigenvalue weighted by Crippen LogP contribution is -1.97. The Hall–Kier alpha value is -3.33. The van der Waals surface area contributed by atoms with Gasteiger partial charge in [0.05, 0.1) is 12.7 Å². The van der Waals surface area contributed by atoms with Gasteiger partial charge in [-0.25, -0.2) is 4.79 Å². The SMILES string of the molecule is COc1ccc(/C=C2\C=C(c3ccc4cc(C)ccc4c3)OC2=O)cc1. The number of aryl methyl sites for hydroxylation is 1. The summed E-state index contributed by atoms with van der Waals surface area (Å²) < 4.78 is 10.6. The first-order valence-electron chi connectivity index (χ1n) is 8.43. The van der Waals surface area contributed by atoms with Gasteiger partial charge in [-0.3, -0.25) is 0 Å². The number of carbonyl (C=O) groups excluding carboxylic acids is 1. The smallest absolute Gasteiger partial charge is 0.343 e. The van der Waals surface area contributed by atoms with Gasteiger partial charge in [-0.1, -0.05) is 48.0 Å². The number of carbonyl (C=O) groups is 1. The highest BCUT2D eigenvalue weighted by Crippen LogP contribution is 2.30. The van der Waals surface area contributed by atoms with Gasteiger partial charge in [0, 0.05) is 5.56 Å². The Morgan fingerprint density at radius 2 is 1.65 bits per heavy atom. The van der Waals surface area contributed by atoms with Crippen LogP contribution < -0.4 is 4.74 Å². The average molecular weight is 342 g/mol. The quantitative estimate of drug-likeness (QED) is 0.488. The molecule has 0 radical (unpaired) electrons. The van der Waals surface area contributed by atoms with Gasteiger partial charge in [-0.15, -0.1) is 0 Å². The minimum absolute atomic E-state index is 0.333. The summed E-state index contributed by atoms with van der Waals surface area (Å²) in [5.41, 5.74) is 3.58. The van der Waals surface area contributed by atoms with Crippen LogP contribution in [0.4, 0.5) is 0 Å². The van der Waals surface area contributed by atoms with Crippen LogP contribution in [0, 0.1) is 6.92 Å². The molecule has 3 nitrogen and oxygen atoms in total. The summed E-state index contributed by atoms with van der Waals surface area (Å²) in [7, 11) is 1.63.